The second kappa shape index (κ2) is 11.7. The number of carboxylic acid groups (broad SMARTS) is 1. The lowest BCUT2D eigenvalue weighted by Gasteiger charge is -2.15. The number of hydrogen-bond donors (Lipinski definition) is 3. The summed E-state index contributed by atoms with van der Waals surface area (Å²) in [7, 11) is 0.0717. The standard InChI is InChI=1S/C22H23N5O7S2/c1-27-13-23-25-22(27)35-12-14-4-7-16(8-5-14)21(30)24-26-36(31,32)18-11-15(6-9-19(28)29)10-17(33-2)20(18)34-3/h4-11,13,26H,12H2,1-3H3,(H,24,30)(H,28,29)/b9-6+. The zero-order valence-electron chi connectivity index (χ0n) is 19.5. The number of aromatic nitrogens is 3. The minimum absolute atomic E-state index is 0.0616. The molecule has 1 aromatic heterocycles. The molecule has 0 aliphatic carbocycles. The molecule has 3 N–H and O–H groups in total. The quantitative estimate of drug-likeness (QED) is 0.188. The second-order valence-electron chi connectivity index (χ2n) is 7.20. The molecule has 3 rings (SSSR count). The SMILES string of the molecule is COc1cc(/C=C/C(=O)O)cc(S(=O)(=O)NNC(=O)c2ccc(CSc3nncn3C)cc2)c1OC. The summed E-state index contributed by atoms with van der Waals surface area (Å²) in [6, 6.07) is 9.24. The summed E-state index contributed by atoms with van der Waals surface area (Å²) in [6.45, 7) is 0. The van der Waals surface area contributed by atoms with Gasteiger partial charge in [-0.2, -0.15) is 0 Å². The summed E-state index contributed by atoms with van der Waals surface area (Å²) in [5, 5.41) is 17.4. The van der Waals surface area contributed by atoms with Crippen LogP contribution in [0.15, 0.2) is 58.9 Å². The Morgan fingerprint density at radius 2 is 1.89 bits per heavy atom. The molecule has 0 saturated carbocycles. The van der Waals surface area contributed by atoms with Gasteiger partial charge in [0.2, 0.25) is 0 Å². The summed E-state index contributed by atoms with van der Waals surface area (Å²) in [4.78, 5) is 25.1. The molecule has 12 nitrogen and oxygen atoms in total. The Balaban J connectivity index is 1.72. The lowest BCUT2D eigenvalue weighted by atomic mass is 10.1. The molecule has 190 valence electrons. The van der Waals surface area contributed by atoms with E-state index < -0.39 is 21.9 Å². The minimum Gasteiger partial charge on any atom is -0.493 e. The smallest absolute Gasteiger partial charge is 0.328 e. The van der Waals surface area contributed by atoms with Crippen LogP contribution in [0.1, 0.15) is 21.5 Å². The lowest BCUT2D eigenvalue weighted by Crippen LogP contribution is -2.41. The lowest BCUT2D eigenvalue weighted by molar-refractivity contribution is -0.131. The van der Waals surface area contributed by atoms with Gasteiger partial charge in [-0.3, -0.25) is 10.2 Å². The third-order valence-electron chi connectivity index (χ3n) is 4.73. The summed E-state index contributed by atoms with van der Waals surface area (Å²) < 4.78 is 38.1. The van der Waals surface area contributed by atoms with Crippen molar-refractivity contribution in [2.75, 3.05) is 14.2 Å². The number of amides is 1. The number of aliphatic carboxylic acids is 1. The molecule has 1 amide bonds. The molecule has 0 bridgehead atoms. The van der Waals surface area contributed by atoms with Gasteiger partial charge in [-0.25, -0.2) is 13.2 Å². The Hall–Kier alpha value is -3.88. The fourth-order valence-electron chi connectivity index (χ4n) is 2.96. The number of carboxylic acids is 1. The average molecular weight is 534 g/mol. The highest BCUT2D eigenvalue weighted by atomic mass is 32.2. The monoisotopic (exact) mass is 533 g/mol. The van der Waals surface area contributed by atoms with E-state index in [0.717, 1.165) is 16.8 Å². The number of hydrogen-bond acceptors (Lipinski definition) is 9. The Morgan fingerprint density at radius 1 is 1.17 bits per heavy atom. The molecule has 0 atom stereocenters. The Morgan fingerprint density at radius 3 is 2.47 bits per heavy atom. The van der Waals surface area contributed by atoms with E-state index in [9.17, 15) is 18.0 Å². The Labute approximate surface area is 211 Å². The van der Waals surface area contributed by atoms with Gasteiger partial charge in [0, 0.05) is 24.4 Å². The molecule has 3 aromatic rings. The van der Waals surface area contributed by atoms with Crippen LogP contribution in [0.4, 0.5) is 0 Å². The zero-order valence-corrected chi connectivity index (χ0v) is 21.1. The molecule has 0 unspecified atom stereocenters. The summed E-state index contributed by atoms with van der Waals surface area (Å²) in [6.07, 6.45) is 3.65. The third-order valence-corrected chi connectivity index (χ3v) is 7.09. The van der Waals surface area contributed by atoms with Crippen LogP contribution in [-0.2, 0) is 27.6 Å². The van der Waals surface area contributed by atoms with E-state index in [-0.39, 0.29) is 27.5 Å². The number of nitrogens with zero attached hydrogens (tertiary/aromatic N) is 3. The maximum atomic E-state index is 13.0. The highest BCUT2D eigenvalue weighted by molar-refractivity contribution is 7.98. The predicted octanol–water partition coefficient (Wildman–Crippen LogP) is 1.85. The van der Waals surface area contributed by atoms with Crippen LogP contribution in [0.3, 0.4) is 0 Å². The largest absolute Gasteiger partial charge is 0.493 e. The van der Waals surface area contributed by atoms with Crippen molar-refractivity contribution in [2.24, 2.45) is 7.05 Å². The van der Waals surface area contributed by atoms with E-state index in [4.69, 9.17) is 14.6 Å². The molecule has 0 aliphatic rings. The number of carbonyl (C=O) groups excluding carboxylic acids is 1. The number of carbonyl (C=O) groups is 2. The first-order chi connectivity index (χ1) is 17.1. The molecule has 0 saturated heterocycles. The van der Waals surface area contributed by atoms with E-state index in [1.165, 1.54) is 44.2 Å². The van der Waals surface area contributed by atoms with Crippen LogP contribution in [0.25, 0.3) is 6.08 Å². The first kappa shape index (κ1) is 26.7. The maximum Gasteiger partial charge on any atom is 0.328 e. The van der Waals surface area contributed by atoms with Crippen molar-refractivity contribution < 1.29 is 32.6 Å². The molecule has 0 radical (unpaired) electrons. The maximum absolute atomic E-state index is 13.0. The minimum atomic E-state index is -4.33. The first-order valence-corrected chi connectivity index (χ1v) is 12.7. The first-order valence-electron chi connectivity index (χ1n) is 10.2. The van der Waals surface area contributed by atoms with Gasteiger partial charge in [-0.05, 0) is 41.5 Å². The van der Waals surface area contributed by atoms with Crippen molar-refractivity contribution in [3.05, 3.63) is 65.5 Å². The van der Waals surface area contributed by atoms with Gasteiger partial charge in [0.15, 0.2) is 16.7 Å². The summed E-state index contributed by atoms with van der Waals surface area (Å²) in [5.74, 6) is -1.34. The van der Waals surface area contributed by atoms with Crippen LogP contribution < -0.4 is 19.7 Å². The summed E-state index contributed by atoms with van der Waals surface area (Å²) >= 11 is 1.48. The molecular weight excluding hydrogens is 510 g/mol. The Bertz CT molecular complexity index is 1390. The number of methoxy groups -OCH3 is 2. The Kier molecular flexibility index (Phi) is 8.68. The van der Waals surface area contributed by atoms with Gasteiger partial charge in [-0.15, -0.1) is 15.0 Å². The molecule has 1 heterocycles. The van der Waals surface area contributed by atoms with Crippen molar-refractivity contribution in [1.29, 1.82) is 0 Å². The van der Waals surface area contributed by atoms with Gasteiger partial charge in [0.25, 0.3) is 15.9 Å². The fourth-order valence-corrected chi connectivity index (χ4v) is 4.86. The van der Waals surface area contributed by atoms with Crippen molar-refractivity contribution in [3.63, 3.8) is 0 Å². The molecule has 0 fully saturated rings. The van der Waals surface area contributed by atoms with Gasteiger partial charge < -0.3 is 19.1 Å². The number of thioether (sulfide) groups is 1. The van der Waals surface area contributed by atoms with Crippen molar-refractivity contribution in [2.45, 2.75) is 15.8 Å². The highest BCUT2D eigenvalue weighted by Gasteiger charge is 2.24. The second-order valence-corrected chi connectivity index (χ2v) is 9.79. The van der Waals surface area contributed by atoms with Crippen LogP contribution >= 0.6 is 11.8 Å². The van der Waals surface area contributed by atoms with E-state index >= 15 is 0 Å². The molecule has 2 aromatic carbocycles. The van der Waals surface area contributed by atoms with E-state index in [1.807, 2.05) is 11.9 Å². The molecule has 36 heavy (non-hydrogen) atoms. The highest BCUT2D eigenvalue weighted by Crippen LogP contribution is 2.36. The number of aryl methyl sites for hydroxylation is 1. The third kappa shape index (κ3) is 6.62. The average Bonchev–Trinajstić information content (AvgIpc) is 3.28. The number of rotatable bonds is 11. The molecular formula is C22H23N5O7S2. The fraction of sp³-hybridized carbons (Fsp3) is 0.182. The van der Waals surface area contributed by atoms with Crippen molar-refractivity contribution in [3.8, 4) is 11.5 Å². The van der Waals surface area contributed by atoms with Gasteiger partial charge in [0.1, 0.15) is 11.2 Å². The van der Waals surface area contributed by atoms with Crippen LogP contribution in [0.5, 0.6) is 11.5 Å². The number of benzene rings is 2. The molecule has 0 aliphatic heterocycles. The van der Waals surface area contributed by atoms with Gasteiger partial charge in [0.05, 0.1) is 14.2 Å². The van der Waals surface area contributed by atoms with E-state index in [2.05, 4.69) is 15.6 Å². The number of sulfonamides is 1. The number of nitrogens with one attached hydrogen (secondary N) is 2. The predicted molar refractivity (Wildman–Crippen MR) is 131 cm³/mol. The van der Waals surface area contributed by atoms with E-state index in [1.54, 1.807) is 35.2 Å². The van der Waals surface area contributed by atoms with Crippen LogP contribution in [-0.4, -0.2) is 54.4 Å². The van der Waals surface area contributed by atoms with E-state index in [0.29, 0.717) is 5.75 Å². The van der Waals surface area contributed by atoms with Crippen LogP contribution in [0.2, 0.25) is 0 Å². The van der Waals surface area contributed by atoms with Gasteiger partial charge >= 0.3 is 5.97 Å². The van der Waals surface area contributed by atoms with Crippen molar-refractivity contribution >= 4 is 39.7 Å². The number of ether oxygens (including phenoxy) is 2. The topological polar surface area (TPSA) is 162 Å². The summed E-state index contributed by atoms with van der Waals surface area (Å²) in [5.41, 5.74) is 3.56. The molecule has 0 spiro atoms. The number of hydrazine groups is 1. The molecule has 14 heteroatoms. The van der Waals surface area contributed by atoms with Crippen LogP contribution in [0, 0.1) is 0 Å². The van der Waals surface area contributed by atoms with Crippen molar-refractivity contribution in [1.82, 2.24) is 25.0 Å². The normalized spacial score (nSPS) is 11.4. The van der Waals surface area contributed by atoms with Gasteiger partial charge in [-0.1, -0.05) is 23.9 Å². The zero-order chi connectivity index (χ0) is 26.3.